The summed E-state index contributed by atoms with van der Waals surface area (Å²) in [5, 5.41) is 10.7. The predicted molar refractivity (Wildman–Crippen MR) is 49.9 cm³/mol. The van der Waals surface area contributed by atoms with Gasteiger partial charge in [0, 0.05) is 0 Å². The first-order valence-electron chi connectivity index (χ1n) is 3.94. The van der Waals surface area contributed by atoms with E-state index in [1.165, 1.54) is 0 Å². The third-order valence-electron chi connectivity index (χ3n) is 1.14. The van der Waals surface area contributed by atoms with Gasteiger partial charge in [0.2, 0.25) is 0 Å². The maximum Gasteiger partial charge on any atom is 0.404 e. The van der Waals surface area contributed by atoms with Gasteiger partial charge in [-0.2, -0.15) is 0 Å². The van der Waals surface area contributed by atoms with Gasteiger partial charge in [-0.05, 0) is 26.6 Å². The quantitative estimate of drug-likeness (QED) is 0.662. The molecule has 5 heteroatoms. The van der Waals surface area contributed by atoms with Crippen LogP contribution in [0.15, 0.2) is 0 Å². The molecule has 0 saturated heterocycles. The van der Waals surface area contributed by atoms with Crippen LogP contribution < -0.4 is 5.32 Å². The lowest BCUT2D eigenvalue weighted by Crippen LogP contribution is -2.38. The molecule has 12 heavy (non-hydrogen) atoms. The second-order valence-electron chi connectivity index (χ2n) is 3.77. The summed E-state index contributed by atoms with van der Waals surface area (Å²) >= 11 is 0. The molecule has 0 aromatic rings. The van der Waals surface area contributed by atoms with Crippen molar-refractivity contribution in [3.8, 4) is 0 Å². The van der Waals surface area contributed by atoms with Gasteiger partial charge in [0.1, 0.15) is 0 Å². The van der Waals surface area contributed by atoms with Crippen molar-refractivity contribution >= 4 is 14.4 Å². The van der Waals surface area contributed by atoms with Crippen LogP contribution in [0.3, 0.4) is 0 Å². The number of carbonyl (C=O) groups is 1. The van der Waals surface area contributed by atoms with Gasteiger partial charge in [-0.15, -0.1) is 0 Å². The Morgan fingerprint density at radius 3 is 2.42 bits per heavy atom. The van der Waals surface area contributed by atoms with Crippen LogP contribution >= 0.6 is 0 Å². The fourth-order valence-electron chi connectivity index (χ4n) is 0.627. The largest absolute Gasteiger partial charge is 0.465 e. The van der Waals surface area contributed by atoms with E-state index in [9.17, 15) is 4.79 Å². The van der Waals surface area contributed by atoms with E-state index in [-0.39, 0.29) is 6.04 Å². The molecule has 0 aromatic heterocycles. The van der Waals surface area contributed by atoms with E-state index in [1.807, 2.05) is 0 Å². The van der Waals surface area contributed by atoms with Crippen molar-refractivity contribution in [2.24, 2.45) is 0 Å². The Morgan fingerprint density at radius 1 is 1.58 bits per heavy atom. The highest BCUT2D eigenvalue weighted by molar-refractivity contribution is 6.69. The fraction of sp³-hybridized carbons (Fsp3) is 0.857. The number of hydrogen-bond donors (Lipinski definition) is 2. The smallest absolute Gasteiger partial charge is 0.404 e. The minimum atomic E-state index is -1.50. The molecule has 2 N–H and O–H groups in total. The molecule has 0 radical (unpaired) electrons. The van der Waals surface area contributed by atoms with Crippen LogP contribution in [-0.2, 0) is 4.43 Å². The van der Waals surface area contributed by atoms with Crippen LogP contribution in [0.5, 0.6) is 0 Å². The summed E-state index contributed by atoms with van der Waals surface area (Å²) in [4.78, 5) is 10.2. The standard InChI is InChI=1S/C7H17NO3Si/c1-6(8-7(9)10)5-11-12(2,3)4/h6,8H,5H2,1-4H3,(H,9,10). The van der Waals surface area contributed by atoms with E-state index in [0.717, 1.165) is 0 Å². The van der Waals surface area contributed by atoms with Crippen molar-refractivity contribution in [2.45, 2.75) is 32.6 Å². The summed E-state index contributed by atoms with van der Waals surface area (Å²) < 4.78 is 5.51. The van der Waals surface area contributed by atoms with Crippen molar-refractivity contribution in [1.82, 2.24) is 5.32 Å². The lowest BCUT2D eigenvalue weighted by Gasteiger charge is -2.20. The van der Waals surface area contributed by atoms with Gasteiger partial charge in [-0.1, -0.05) is 0 Å². The number of carboxylic acid groups (broad SMARTS) is 1. The molecule has 0 spiro atoms. The summed E-state index contributed by atoms with van der Waals surface area (Å²) in [5.41, 5.74) is 0. The zero-order valence-electron chi connectivity index (χ0n) is 8.05. The Bertz CT molecular complexity index is 155. The molecular formula is C7H17NO3Si. The topological polar surface area (TPSA) is 58.6 Å². The van der Waals surface area contributed by atoms with Crippen molar-refractivity contribution in [2.75, 3.05) is 6.61 Å². The molecule has 1 atom stereocenters. The number of amides is 1. The highest BCUT2D eigenvalue weighted by atomic mass is 28.4. The first-order valence-corrected chi connectivity index (χ1v) is 7.35. The zero-order valence-corrected chi connectivity index (χ0v) is 9.05. The lowest BCUT2D eigenvalue weighted by atomic mass is 10.4. The normalized spacial score (nSPS) is 14.0. The third kappa shape index (κ3) is 7.55. The first kappa shape index (κ1) is 11.4. The molecule has 0 aliphatic heterocycles. The average molecular weight is 191 g/mol. The van der Waals surface area contributed by atoms with E-state index in [4.69, 9.17) is 9.53 Å². The van der Waals surface area contributed by atoms with Gasteiger partial charge in [0.15, 0.2) is 8.32 Å². The van der Waals surface area contributed by atoms with Crippen LogP contribution in [-0.4, -0.2) is 32.2 Å². The van der Waals surface area contributed by atoms with Gasteiger partial charge < -0.3 is 14.8 Å². The zero-order chi connectivity index (χ0) is 9.78. The van der Waals surface area contributed by atoms with Crippen LogP contribution in [0.4, 0.5) is 4.79 Å². The van der Waals surface area contributed by atoms with Crippen LogP contribution in [0.1, 0.15) is 6.92 Å². The summed E-state index contributed by atoms with van der Waals surface area (Å²) in [6, 6.07) is -0.130. The minimum absolute atomic E-state index is 0.130. The van der Waals surface area contributed by atoms with E-state index < -0.39 is 14.4 Å². The van der Waals surface area contributed by atoms with Gasteiger partial charge in [0.25, 0.3) is 0 Å². The van der Waals surface area contributed by atoms with E-state index in [1.54, 1.807) is 6.92 Å². The summed E-state index contributed by atoms with van der Waals surface area (Å²) in [6.07, 6.45) is -0.998. The van der Waals surface area contributed by atoms with Crippen molar-refractivity contribution in [3.63, 3.8) is 0 Å². The van der Waals surface area contributed by atoms with E-state index >= 15 is 0 Å². The second kappa shape index (κ2) is 4.47. The van der Waals surface area contributed by atoms with E-state index in [2.05, 4.69) is 25.0 Å². The van der Waals surface area contributed by atoms with Crippen molar-refractivity contribution in [1.29, 1.82) is 0 Å². The highest BCUT2D eigenvalue weighted by Crippen LogP contribution is 2.02. The molecule has 1 unspecified atom stereocenters. The number of nitrogens with one attached hydrogen (secondary N) is 1. The molecule has 0 aliphatic carbocycles. The summed E-state index contributed by atoms with van der Waals surface area (Å²) in [7, 11) is -1.50. The molecule has 0 bridgehead atoms. The van der Waals surface area contributed by atoms with Crippen LogP contribution in [0.2, 0.25) is 19.6 Å². The van der Waals surface area contributed by atoms with Crippen molar-refractivity contribution in [3.05, 3.63) is 0 Å². The minimum Gasteiger partial charge on any atom is -0.465 e. The molecule has 0 saturated carbocycles. The highest BCUT2D eigenvalue weighted by Gasteiger charge is 2.16. The molecule has 0 heterocycles. The maximum atomic E-state index is 10.2. The summed E-state index contributed by atoms with van der Waals surface area (Å²) in [6.45, 7) is 8.46. The molecule has 1 amide bonds. The second-order valence-corrected chi connectivity index (χ2v) is 8.29. The van der Waals surface area contributed by atoms with Gasteiger partial charge in [-0.25, -0.2) is 4.79 Å². The Morgan fingerprint density at radius 2 is 2.08 bits per heavy atom. The molecular weight excluding hydrogens is 174 g/mol. The van der Waals surface area contributed by atoms with Gasteiger partial charge in [0.05, 0.1) is 12.6 Å². The monoisotopic (exact) mass is 191 g/mol. The summed E-state index contributed by atoms with van der Waals surface area (Å²) in [5.74, 6) is 0. The van der Waals surface area contributed by atoms with E-state index in [0.29, 0.717) is 6.61 Å². The predicted octanol–water partition coefficient (Wildman–Crippen LogP) is 1.49. The Balaban J connectivity index is 3.57. The Hall–Kier alpha value is -0.553. The molecule has 0 aromatic carbocycles. The molecule has 0 fully saturated rings. The SMILES string of the molecule is CC(CO[Si](C)(C)C)NC(=O)O. The number of hydrogen-bond acceptors (Lipinski definition) is 2. The average Bonchev–Trinajstić information content (AvgIpc) is 1.80. The van der Waals surface area contributed by atoms with Crippen LogP contribution in [0, 0.1) is 0 Å². The maximum absolute atomic E-state index is 10.2. The van der Waals surface area contributed by atoms with Gasteiger partial charge in [-0.3, -0.25) is 0 Å². The fourth-order valence-corrected chi connectivity index (χ4v) is 1.38. The molecule has 0 aliphatic rings. The third-order valence-corrected chi connectivity index (χ3v) is 2.17. The first-order chi connectivity index (χ1) is 5.31. The molecule has 0 rings (SSSR count). The Kier molecular flexibility index (Phi) is 4.26. The number of rotatable bonds is 4. The van der Waals surface area contributed by atoms with Crippen molar-refractivity contribution < 1.29 is 14.3 Å². The lowest BCUT2D eigenvalue weighted by molar-refractivity contribution is 0.182. The molecule has 4 nitrogen and oxygen atoms in total. The van der Waals surface area contributed by atoms with Gasteiger partial charge >= 0.3 is 6.09 Å². The van der Waals surface area contributed by atoms with Crippen LogP contribution in [0.25, 0.3) is 0 Å². The Labute approximate surface area is 74.1 Å². The molecule has 72 valence electrons.